The Kier molecular flexibility index (Phi) is 11.3. The fourth-order valence-electron chi connectivity index (χ4n) is 2.73. The number of halogens is 1. The van der Waals surface area contributed by atoms with Gasteiger partial charge in [-0.3, -0.25) is 14.8 Å². The van der Waals surface area contributed by atoms with Crippen molar-refractivity contribution in [1.29, 1.82) is 0 Å². The number of likely N-dealkylation sites (N-methyl/N-ethyl adjacent to an activating group) is 1. The van der Waals surface area contributed by atoms with Crippen LogP contribution in [0.3, 0.4) is 0 Å². The molecule has 2 N–H and O–H groups in total. The molecule has 0 radical (unpaired) electrons. The van der Waals surface area contributed by atoms with E-state index in [2.05, 4.69) is 20.6 Å². The lowest BCUT2D eigenvalue weighted by Crippen LogP contribution is -2.43. The number of carbonyl (C=O) groups excluding carboxylic acids is 1. The third kappa shape index (κ3) is 9.99. The third-order valence-electron chi connectivity index (χ3n) is 4.32. The normalized spacial score (nSPS) is 11.3. The number of nitrogens with zero attached hydrogens (tertiary/aromatic N) is 3. The topological polar surface area (TPSA) is 78.9 Å². The van der Waals surface area contributed by atoms with Crippen molar-refractivity contribution in [2.75, 3.05) is 27.2 Å². The van der Waals surface area contributed by atoms with Crippen molar-refractivity contribution in [2.45, 2.75) is 39.3 Å². The number of carbonyl (C=O) groups is 1. The quantitative estimate of drug-likeness (QED) is 0.306. The first-order chi connectivity index (χ1) is 14.3. The van der Waals surface area contributed by atoms with Crippen LogP contribution in [0.2, 0.25) is 0 Å². The van der Waals surface area contributed by atoms with E-state index in [1.165, 1.54) is 0 Å². The highest BCUT2D eigenvalue weighted by atomic mass is 127. The molecule has 170 valence electrons. The van der Waals surface area contributed by atoms with Crippen molar-refractivity contribution in [1.82, 2.24) is 20.5 Å². The lowest BCUT2D eigenvalue weighted by atomic mass is 10.1. The Bertz CT molecular complexity index is 837. The van der Waals surface area contributed by atoms with Gasteiger partial charge in [-0.05, 0) is 39.0 Å². The Morgan fingerprint density at radius 1 is 1.13 bits per heavy atom. The van der Waals surface area contributed by atoms with Gasteiger partial charge in [0.1, 0.15) is 11.4 Å². The summed E-state index contributed by atoms with van der Waals surface area (Å²) in [5.74, 6) is 1.38. The largest absolute Gasteiger partial charge is 0.488 e. The molecule has 7 nitrogen and oxygen atoms in total. The summed E-state index contributed by atoms with van der Waals surface area (Å²) in [7, 11) is 3.48. The van der Waals surface area contributed by atoms with Gasteiger partial charge in [-0.25, -0.2) is 0 Å². The van der Waals surface area contributed by atoms with Crippen LogP contribution < -0.4 is 15.4 Å². The number of amides is 1. The monoisotopic (exact) mass is 539 g/mol. The molecule has 2 rings (SSSR count). The van der Waals surface area contributed by atoms with Crippen molar-refractivity contribution < 1.29 is 9.53 Å². The summed E-state index contributed by atoms with van der Waals surface area (Å²) < 4.78 is 6.03. The van der Waals surface area contributed by atoms with E-state index < -0.39 is 0 Å². The zero-order valence-corrected chi connectivity index (χ0v) is 21.3. The molecule has 0 fully saturated rings. The van der Waals surface area contributed by atoms with Gasteiger partial charge in [0.15, 0.2) is 5.96 Å². The highest BCUT2D eigenvalue weighted by Crippen LogP contribution is 2.22. The van der Waals surface area contributed by atoms with Gasteiger partial charge in [0, 0.05) is 51.1 Å². The van der Waals surface area contributed by atoms with E-state index in [9.17, 15) is 4.79 Å². The van der Waals surface area contributed by atoms with E-state index in [0.717, 1.165) is 23.4 Å². The fourth-order valence-corrected chi connectivity index (χ4v) is 2.73. The second-order valence-electron chi connectivity index (χ2n) is 7.99. The SMILES string of the molecule is CN=C(NCC(=O)N(C)CCc1ccccn1)NCc1ccccc1OC(C)(C)C.I. The smallest absolute Gasteiger partial charge is 0.241 e. The molecule has 1 amide bonds. The molecule has 0 aliphatic heterocycles. The van der Waals surface area contributed by atoms with Gasteiger partial charge in [0.2, 0.25) is 5.91 Å². The zero-order chi connectivity index (χ0) is 22.0. The molecule has 2 aromatic rings. The van der Waals surface area contributed by atoms with Crippen molar-refractivity contribution in [3.8, 4) is 5.75 Å². The molecule has 0 aliphatic rings. The van der Waals surface area contributed by atoms with Crippen LogP contribution in [0.25, 0.3) is 0 Å². The Balaban J connectivity index is 0.00000480. The maximum atomic E-state index is 12.4. The van der Waals surface area contributed by atoms with Gasteiger partial charge >= 0.3 is 0 Å². The number of pyridine rings is 1. The predicted molar refractivity (Wildman–Crippen MR) is 136 cm³/mol. The maximum Gasteiger partial charge on any atom is 0.241 e. The van der Waals surface area contributed by atoms with E-state index in [0.29, 0.717) is 19.0 Å². The number of guanidine groups is 1. The van der Waals surface area contributed by atoms with Gasteiger partial charge < -0.3 is 20.3 Å². The average molecular weight is 539 g/mol. The predicted octanol–water partition coefficient (Wildman–Crippen LogP) is 3.24. The number of hydrogen-bond donors (Lipinski definition) is 2. The number of para-hydroxylation sites is 1. The molecule has 0 aliphatic carbocycles. The van der Waals surface area contributed by atoms with Crippen LogP contribution in [-0.4, -0.2) is 54.5 Å². The number of rotatable bonds is 8. The number of ether oxygens (including phenoxy) is 1. The summed E-state index contributed by atoms with van der Waals surface area (Å²) in [5, 5.41) is 6.32. The van der Waals surface area contributed by atoms with Crippen molar-refractivity contribution >= 4 is 35.8 Å². The number of hydrogen-bond acceptors (Lipinski definition) is 4. The zero-order valence-electron chi connectivity index (χ0n) is 19.0. The number of aliphatic imine (C=N–C) groups is 1. The Hall–Kier alpha value is -2.36. The Labute approximate surface area is 202 Å². The van der Waals surface area contributed by atoms with Gasteiger partial charge in [-0.15, -0.1) is 24.0 Å². The second kappa shape index (κ2) is 13.1. The summed E-state index contributed by atoms with van der Waals surface area (Å²) in [6.45, 7) is 7.38. The molecular weight excluding hydrogens is 505 g/mol. The van der Waals surface area contributed by atoms with Gasteiger partial charge in [-0.2, -0.15) is 0 Å². The number of aromatic nitrogens is 1. The maximum absolute atomic E-state index is 12.4. The van der Waals surface area contributed by atoms with E-state index >= 15 is 0 Å². The molecule has 0 bridgehead atoms. The third-order valence-corrected chi connectivity index (χ3v) is 4.32. The van der Waals surface area contributed by atoms with Crippen LogP contribution in [0.4, 0.5) is 0 Å². The van der Waals surface area contributed by atoms with Crippen molar-refractivity contribution in [3.63, 3.8) is 0 Å². The number of nitrogens with one attached hydrogen (secondary N) is 2. The molecule has 0 spiro atoms. The fraction of sp³-hybridized carbons (Fsp3) is 0.435. The van der Waals surface area contributed by atoms with Crippen LogP contribution in [-0.2, 0) is 17.8 Å². The van der Waals surface area contributed by atoms with Crippen LogP contribution >= 0.6 is 24.0 Å². The highest BCUT2D eigenvalue weighted by Gasteiger charge is 2.15. The summed E-state index contributed by atoms with van der Waals surface area (Å²) in [6.07, 6.45) is 2.49. The minimum absolute atomic E-state index is 0. The molecule has 0 unspecified atom stereocenters. The molecule has 1 aromatic heterocycles. The first-order valence-electron chi connectivity index (χ1n) is 10.1. The van der Waals surface area contributed by atoms with E-state index in [1.807, 2.05) is 63.2 Å². The summed E-state index contributed by atoms with van der Waals surface area (Å²) in [4.78, 5) is 22.6. The van der Waals surface area contributed by atoms with Crippen LogP contribution in [0.15, 0.2) is 53.7 Å². The molecule has 0 saturated heterocycles. The van der Waals surface area contributed by atoms with Gasteiger partial charge in [-0.1, -0.05) is 24.3 Å². The molecule has 1 heterocycles. The first-order valence-corrected chi connectivity index (χ1v) is 10.1. The summed E-state index contributed by atoms with van der Waals surface area (Å²) >= 11 is 0. The van der Waals surface area contributed by atoms with E-state index in [4.69, 9.17) is 4.74 Å². The van der Waals surface area contributed by atoms with E-state index in [1.54, 1.807) is 25.2 Å². The number of benzene rings is 1. The van der Waals surface area contributed by atoms with Crippen molar-refractivity contribution in [2.24, 2.45) is 4.99 Å². The molecule has 31 heavy (non-hydrogen) atoms. The molecule has 8 heteroatoms. The van der Waals surface area contributed by atoms with Crippen LogP contribution in [0, 0.1) is 0 Å². The molecule has 1 aromatic carbocycles. The lowest BCUT2D eigenvalue weighted by Gasteiger charge is -2.23. The molecule has 0 atom stereocenters. The van der Waals surface area contributed by atoms with Crippen molar-refractivity contribution in [3.05, 3.63) is 59.9 Å². The van der Waals surface area contributed by atoms with Gasteiger partial charge in [0.25, 0.3) is 0 Å². The first kappa shape index (κ1) is 26.7. The van der Waals surface area contributed by atoms with Crippen LogP contribution in [0.1, 0.15) is 32.0 Å². The minimum Gasteiger partial charge on any atom is -0.488 e. The lowest BCUT2D eigenvalue weighted by molar-refractivity contribution is -0.128. The van der Waals surface area contributed by atoms with E-state index in [-0.39, 0.29) is 42.0 Å². The standard InChI is InChI=1S/C23H33N5O2.HI/c1-23(2,3)30-20-12-7-6-10-18(20)16-26-22(24-4)27-17-21(29)28(5)15-13-19-11-8-9-14-25-19;/h6-12,14H,13,15-17H2,1-5H3,(H2,24,26,27);1H. The Morgan fingerprint density at radius 2 is 1.84 bits per heavy atom. The average Bonchev–Trinajstić information content (AvgIpc) is 2.72. The highest BCUT2D eigenvalue weighted by molar-refractivity contribution is 14.0. The second-order valence-corrected chi connectivity index (χ2v) is 7.99. The Morgan fingerprint density at radius 3 is 2.48 bits per heavy atom. The summed E-state index contributed by atoms with van der Waals surface area (Å²) in [6, 6.07) is 13.7. The van der Waals surface area contributed by atoms with Gasteiger partial charge in [0.05, 0.1) is 6.54 Å². The summed E-state index contributed by atoms with van der Waals surface area (Å²) in [5.41, 5.74) is 1.72. The molecular formula is C23H34IN5O2. The molecule has 0 saturated carbocycles. The minimum atomic E-state index is -0.275. The van der Waals surface area contributed by atoms with Crippen LogP contribution in [0.5, 0.6) is 5.75 Å².